The Labute approximate surface area is 106 Å². The van der Waals surface area contributed by atoms with Crippen LogP contribution in [0.5, 0.6) is 0 Å². The standard InChI is InChI=1S/C13H19NO4/c15-12(10-4-5-11(18-10)13(16)17)14-6-8-2-1-3-9(8)7-14/h8-11H,1-7H2,(H,16,17). The minimum absolute atomic E-state index is 0.00755. The van der Waals surface area contributed by atoms with Crippen LogP contribution in [0.2, 0.25) is 0 Å². The molecule has 18 heavy (non-hydrogen) atoms. The average Bonchev–Trinajstić information content (AvgIpc) is 3.02. The highest BCUT2D eigenvalue weighted by molar-refractivity contribution is 5.83. The molecule has 4 unspecified atom stereocenters. The Bertz CT molecular complexity index is 358. The molecule has 0 bridgehead atoms. The van der Waals surface area contributed by atoms with Gasteiger partial charge in [0.25, 0.3) is 5.91 Å². The van der Waals surface area contributed by atoms with Gasteiger partial charge in [-0.25, -0.2) is 4.79 Å². The Morgan fingerprint density at radius 1 is 1.00 bits per heavy atom. The Morgan fingerprint density at radius 2 is 1.61 bits per heavy atom. The van der Waals surface area contributed by atoms with E-state index in [1.54, 1.807) is 0 Å². The van der Waals surface area contributed by atoms with Gasteiger partial charge in [-0.15, -0.1) is 0 Å². The first kappa shape index (κ1) is 12.0. The van der Waals surface area contributed by atoms with Crippen LogP contribution in [0.25, 0.3) is 0 Å². The number of aliphatic carboxylic acids is 1. The molecule has 3 fully saturated rings. The summed E-state index contributed by atoms with van der Waals surface area (Å²) in [5, 5.41) is 8.86. The zero-order valence-electron chi connectivity index (χ0n) is 10.4. The summed E-state index contributed by atoms with van der Waals surface area (Å²) >= 11 is 0. The lowest BCUT2D eigenvalue weighted by Gasteiger charge is -2.21. The summed E-state index contributed by atoms with van der Waals surface area (Å²) in [4.78, 5) is 24.9. The van der Waals surface area contributed by atoms with Crippen molar-refractivity contribution in [3.63, 3.8) is 0 Å². The Balaban J connectivity index is 1.58. The number of rotatable bonds is 2. The average molecular weight is 253 g/mol. The summed E-state index contributed by atoms with van der Waals surface area (Å²) in [7, 11) is 0. The van der Waals surface area contributed by atoms with E-state index in [0.717, 1.165) is 13.1 Å². The van der Waals surface area contributed by atoms with Crippen molar-refractivity contribution in [1.82, 2.24) is 4.90 Å². The van der Waals surface area contributed by atoms with Gasteiger partial charge in [-0.1, -0.05) is 6.42 Å². The van der Waals surface area contributed by atoms with Crippen LogP contribution in [-0.4, -0.2) is 47.2 Å². The molecule has 0 aromatic carbocycles. The van der Waals surface area contributed by atoms with E-state index >= 15 is 0 Å². The molecule has 1 saturated carbocycles. The fraction of sp³-hybridized carbons (Fsp3) is 0.846. The SMILES string of the molecule is O=C(O)C1CCC(C(=O)N2CC3CCCC3C2)O1. The lowest BCUT2D eigenvalue weighted by Crippen LogP contribution is -2.38. The summed E-state index contributed by atoms with van der Waals surface area (Å²) in [6, 6.07) is 0. The van der Waals surface area contributed by atoms with Crippen molar-refractivity contribution in [2.45, 2.75) is 44.3 Å². The van der Waals surface area contributed by atoms with Crippen LogP contribution in [0.1, 0.15) is 32.1 Å². The predicted octanol–water partition coefficient (Wildman–Crippen LogP) is 0.877. The van der Waals surface area contributed by atoms with Crippen molar-refractivity contribution in [3.05, 3.63) is 0 Å². The smallest absolute Gasteiger partial charge is 0.332 e. The number of hydrogen-bond acceptors (Lipinski definition) is 3. The number of hydrogen-bond donors (Lipinski definition) is 1. The van der Waals surface area contributed by atoms with Gasteiger partial charge in [0.2, 0.25) is 0 Å². The third-order valence-corrected chi connectivity index (χ3v) is 4.61. The van der Waals surface area contributed by atoms with Crippen LogP contribution >= 0.6 is 0 Å². The molecular weight excluding hydrogens is 234 g/mol. The van der Waals surface area contributed by atoms with Gasteiger partial charge in [-0.2, -0.15) is 0 Å². The number of carbonyl (C=O) groups excluding carboxylic acids is 1. The maximum atomic E-state index is 12.3. The molecule has 5 heteroatoms. The maximum absolute atomic E-state index is 12.3. The number of likely N-dealkylation sites (tertiary alicyclic amines) is 1. The topological polar surface area (TPSA) is 66.8 Å². The zero-order chi connectivity index (χ0) is 12.7. The van der Waals surface area contributed by atoms with E-state index in [2.05, 4.69) is 0 Å². The molecule has 3 aliphatic rings. The van der Waals surface area contributed by atoms with E-state index in [0.29, 0.717) is 24.7 Å². The van der Waals surface area contributed by atoms with Gasteiger partial charge in [0, 0.05) is 13.1 Å². The second-order valence-corrected chi connectivity index (χ2v) is 5.72. The van der Waals surface area contributed by atoms with Crippen LogP contribution < -0.4 is 0 Å². The van der Waals surface area contributed by atoms with Gasteiger partial charge in [0.15, 0.2) is 6.10 Å². The number of ether oxygens (including phenoxy) is 1. The summed E-state index contributed by atoms with van der Waals surface area (Å²) in [5.74, 6) is 0.396. The zero-order valence-corrected chi connectivity index (χ0v) is 10.4. The third-order valence-electron chi connectivity index (χ3n) is 4.61. The lowest BCUT2D eigenvalue weighted by molar-refractivity contribution is -0.154. The molecule has 100 valence electrons. The molecule has 0 aromatic heterocycles. The number of carbonyl (C=O) groups is 2. The fourth-order valence-electron chi connectivity index (χ4n) is 3.62. The minimum atomic E-state index is -0.955. The molecule has 0 aromatic rings. The number of amides is 1. The number of fused-ring (bicyclic) bond motifs is 1. The summed E-state index contributed by atoms with van der Waals surface area (Å²) in [6.45, 7) is 1.70. The first-order valence-corrected chi connectivity index (χ1v) is 6.82. The van der Waals surface area contributed by atoms with Gasteiger partial charge in [0.05, 0.1) is 0 Å². The third kappa shape index (κ3) is 2.00. The number of carboxylic acid groups (broad SMARTS) is 1. The molecule has 4 atom stereocenters. The second kappa shape index (κ2) is 4.53. The highest BCUT2D eigenvalue weighted by Crippen LogP contribution is 2.38. The number of carboxylic acids is 1. The van der Waals surface area contributed by atoms with Crippen molar-refractivity contribution >= 4 is 11.9 Å². The molecule has 2 heterocycles. The van der Waals surface area contributed by atoms with E-state index in [-0.39, 0.29) is 5.91 Å². The molecule has 1 N–H and O–H groups in total. The first-order chi connectivity index (χ1) is 8.65. The molecule has 5 nitrogen and oxygen atoms in total. The highest BCUT2D eigenvalue weighted by atomic mass is 16.5. The van der Waals surface area contributed by atoms with Gasteiger partial charge in [-0.05, 0) is 37.5 Å². The van der Waals surface area contributed by atoms with Gasteiger partial charge in [-0.3, -0.25) is 4.79 Å². The summed E-state index contributed by atoms with van der Waals surface area (Å²) in [5.41, 5.74) is 0. The molecule has 1 amide bonds. The van der Waals surface area contributed by atoms with E-state index in [4.69, 9.17) is 9.84 Å². The Morgan fingerprint density at radius 3 is 2.17 bits per heavy atom. The second-order valence-electron chi connectivity index (χ2n) is 5.72. The van der Waals surface area contributed by atoms with Crippen molar-refractivity contribution in [3.8, 4) is 0 Å². The van der Waals surface area contributed by atoms with Crippen LogP contribution in [0.15, 0.2) is 0 Å². The monoisotopic (exact) mass is 253 g/mol. The molecular formula is C13H19NO4. The molecule has 0 spiro atoms. The van der Waals surface area contributed by atoms with E-state index in [9.17, 15) is 9.59 Å². The molecule has 2 saturated heterocycles. The fourth-order valence-corrected chi connectivity index (χ4v) is 3.62. The van der Waals surface area contributed by atoms with Crippen molar-refractivity contribution in [2.24, 2.45) is 11.8 Å². The van der Waals surface area contributed by atoms with E-state index in [1.807, 2.05) is 4.90 Å². The van der Waals surface area contributed by atoms with Crippen LogP contribution in [0, 0.1) is 11.8 Å². The predicted molar refractivity (Wildman–Crippen MR) is 62.9 cm³/mol. The summed E-state index contributed by atoms with van der Waals surface area (Å²) in [6.07, 6.45) is 3.44. The van der Waals surface area contributed by atoms with Gasteiger partial charge < -0.3 is 14.7 Å². The highest BCUT2D eigenvalue weighted by Gasteiger charge is 2.42. The van der Waals surface area contributed by atoms with Crippen LogP contribution in [-0.2, 0) is 14.3 Å². The first-order valence-electron chi connectivity index (χ1n) is 6.82. The van der Waals surface area contributed by atoms with E-state index in [1.165, 1.54) is 19.3 Å². The van der Waals surface area contributed by atoms with E-state index < -0.39 is 18.2 Å². The normalized spacial score (nSPS) is 39.0. The van der Waals surface area contributed by atoms with Crippen LogP contribution in [0.3, 0.4) is 0 Å². The largest absolute Gasteiger partial charge is 0.479 e. The van der Waals surface area contributed by atoms with Gasteiger partial charge in [0.1, 0.15) is 6.10 Å². The maximum Gasteiger partial charge on any atom is 0.332 e. The number of nitrogens with zero attached hydrogens (tertiary/aromatic N) is 1. The van der Waals surface area contributed by atoms with Gasteiger partial charge >= 0.3 is 5.97 Å². The van der Waals surface area contributed by atoms with Crippen molar-refractivity contribution in [1.29, 1.82) is 0 Å². The Kier molecular flexibility index (Phi) is 3.01. The molecule has 0 radical (unpaired) electrons. The van der Waals surface area contributed by atoms with Crippen LogP contribution in [0.4, 0.5) is 0 Å². The van der Waals surface area contributed by atoms with Crippen molar-refractivity contribution < 1.29 is 19.4 Å². The summed E-state index contributed by atoms with van der Waals surface area (Å²) < 4.78 is 5.33. The quantitative estimate of drug-likeness (QED) is 0.793. The minimum Gasteiger partial charge on any atom is -0.479 e. The molecule has 3 rings (SSSR count). The molecule has 2 aliphatic heterocycles. The molecule has 1 aliphatic carbocycles. The Hall–Kier alpha value is -1.10. The van der Waals surface area contributed by atoms with Crippen molar-refractivity contribution in [2.75, 3.05) is 13.1 Å². The lowest BCUT2D eigenvalue weighted by atomic mass is 10.0.